The van der Waals surface area contributed by atoms with Crippen molar-refractivity contribution in [1.82, 2.24) is 20.1 Å². The molecule has 0 spiro atoms. The number of hydrogen-bond donors (Lipinski definition) is 2. The highest BCUT2D eigenvalue weighted by Crippen LogP contribution is 2.49. The van der Waals surface area contributed by atoms with E-state index in [-0.39, 0.29) is 18.5 Å². The number of rotatable bonds is 4. The van der Waals surface area contributed by atoms with Crippen LogP contribution in [0.2, 0.25) is 0 Å². The number of hydrogen-bond acceptors (Lipinski definition) is 2. The second-order valence-electron chi connectivity index (χ2n) is 9.39. The zero-order chi connectivity index (χ0) is 21.9. The minimum absolute atomic E-state index is 0.0237. The van der Waals surface area contributed by atoms with Gasteiger partial charge in [-0.15, -0.1) is 0 Å². The highest BCUT2D eigenvalue weighted by molar-refractivity contribution is 5.90. The van der Waals surface area contributed by atoms with Crippen LogP contribution in [0.3, 0.4) is 0 Å². The molecule has 1 saturated carbocycles. The van der Waals surface area contributed by atoms with E-state index < -0.39 is 18.8 Å². The van der Waals surface area contributed by atoms with Crippen LogP contribution in [-0.2, 0) is 6.42 Å². The highest BCUT2D eigenvalue weighted by Gasteiger charge is 2.42. The first-order valence-corrected chi connectivity index (χ1v) is 11.2. The Kier molecular flexibility index (Phi) is 4.95. The van der Waals surface area contributed by atoms with Crippen molar-refractivity contribution < 1.29 is 18.0 Å². The number of likely N-dealkylation sites (N-methyl/N-ethyl adjacent to an activating group) is 1. The van der Waals surface area contributed by atoms with Crippen molar-refractivity contribution in [2.45, 2.75) is 62.7 Å². The third-order valence-electron chi connectivity index (χ3n) is 7.24. The van der Waals surface area contributed by atoms with Crippen LogP contribution in [0, 0.1) is 0 Å². The molecule has 2 aromatic rings. The van der Waals surface area contributed by atoms with Gasteiger partial charge in [-0.25, -0.2) is 4.79 Å². The molecule has 2 amide bonds. The van der Waals surface area contributed by atoms with Crippen LogP contribution in [0.1, 0.15) is 54.8 Å². The number of amides is 2. The van der Waals surface area contributed by atoms with Gasteiger partial charge >= 0.3 is 12.2 Å². The third kappa shape index (κ3) is 3.79. The van der Waals surface area contributed by atoms with Gasteiger partial charge in [0, 0.05) is 47.7 Å². The van der Waals surface area contributed by atoms with Gasteiger partial charge in [0.2, 0.25) is 0 Å². The molecule has 0 bridgehead atoms. The van der Waals surface area contributed by atoms with Gasteiger partial charge in [0.15, 0.2) is 0 Å². The normalized spacial score (nSPS) is 26.0. The van der Waals surface area contributed by atoms with Crippen LogP contribution in [-0.4, -0.2) is 65.8 Å². The fraction of sp³-hybridized carbons (Fsp3) is 0.609. The molecule has 8 heteroatoms. The van der Waals surface area contributed by atoms with E-state index in [0.29, 0.717) is 18.5 Å². The molecule has 1 aliphatic heterocycles. The van der Waals surface area contributed by atoms with E-state index in [0.717, 1.165) is 17.7 Å². The maximum atomic E-state index is 12.8. The second-order valence-corrected chi connectivity index (χ2v) is 9.39. The van der Waals surface area contributed by atoms with Crippen molar-refractivity contribution in [3.8, 4) is 0 Å². The van der Waals surface area contributed by atoms with Gasteiger partial charge in [0.25, 0.3) is 0 Å². The number of likely N-dealkylation sites (tertiary alicyclic amines) is 1. The average molecular weight is 435 g/mol. The first kappa shape index (κ1) is 20.7. The van der Waals surface area contributed by atoms with Crippen LogP contribution < -0.4 is 5.32 Å². The van der Waals surface area contributed by atoms with Crippen molar-refractivity contribution >= 4 is 16.9 Å². The third-order valence-corrected chi connectivity index (χ3v) is 7.24. The summed E-state index contributed by atoms with van der Waals surface area (Å²) < 4.78 is 38.4. The molecule has 2 N–H and O–H groups in total. The van der Waals surface area contributed by atoms with E-state index in [9.17, 15) is 18.0 Å². The molecule has 2 aliphatic carbocycles. The number of halogens is 3. The van der Waals surface area contributed by atoms with E-state index >= 15 is 0 Å². The Bertz CT molecular complexity index is 997. The lowest BCUT2D eigenvalue weighted by Crippen LogP contribution is -2.57. The minimum Gasteiger partial charge on any atom is -0.358 e. The van der Waals surface area contributed by atoms with E-state index in [4.69, 9.17) is 0 Å². The number of aromatic nitrogens is 1. The van der Waals surface area contributed by atoms with Gasteiger partial charge in [0.05, 0.1) is 0 Å². The summed E-state index contributed by atoms with van der Waals surface area (Å²) in [4.78, 5) is 19.3. The molecule has 0 unspecified atom stereocenters. The first-order chi connectivity index (χ1) is 14.7. The number of benzene rings is 1. The summed E-state index contributed by atoms with van der Waals surface area (Å²) in [6, 6.07) is 5.94. The van der Waals surface area contributed by atoms with Crippen molar-refractivity contribution in [2.75, 3.05) is 26.7 Å². The van der Waals surface area contributed by atoms with E-state index in [1.54, 1.807) is 6.92 Å². The molecular formula is C23H29F3N4O. The highest BCUT2D eigenvalue weighted by atomic mass is 19.4. The molecular weight excluding hydrogens is 405 g/mol. The summed E-state index contributed by atoms with van der Waals surface area (Å²) >= 11 is 0. The molecule has 3 atom stereocenters. The van der Waals surface area contributed by atoms with Crippen molar-refractivity contribution in [3.05, 3.63) is 35.0 Å². The average Bonchev–Trinajstić information content (AvgIpc) is 3.48. The van der Waals surface area contributed by atoms with Crippen LogP contribution in [0.4, 0.5) is 18.0 Å². The molecule has 5 rings (SSSR count). The summed E-state index contributed by atoms with van der Waals surface area (Å²) in [5.41, 5.74) is 5.34. The summed E-state index contributed by atoms with van der Waals surface area (Å²) in [5.74, 6) is 0.905. The molecule has 2 heterocycles. The lowest BCUT2D eigenvalue weighted by Gasteiger charge is -2.46. The van der Waals surface area contributed by atoms with Crippen LogP contribution in [0.15, 0.2) is 18.2 Å². The van der Waals surface area contributed by atoms with Crippen molar-refractivity contribution in [2.24, 2.45) is 0 Å². The van der Waals surface area contributed by atoms with Crippen LogP contribution in [0.25, 0.3) is 10.9 Å². The summed E-state index contributed by atoms with van der Waals surface area (Å²) in [5, 5.41) is 4.21. The zero-order valence-electron chi connectivity index (χ0n) is 17.9. The molecule has 3 aliphatic rings. The van der Waals surface area contributed by atoms with Crippen LogP contribution in [0.5, 0.6) is 0 Å². The predicted octanol–water partition coefficient (Wildman–Crippen LogP) is 4.35. The molecule has 1 aromatic carbocycles. The number of nitrogens with one attached hydrogen (secondary N) is 2. The largest absolute Gasteiger partial charge is 0.406 e. The van der Waals surface area contributed by atoms with Gasteiger partial charge in [0.1, 0.15) is 6.54 Å². The van der Waals surface area contributed by atoms with Gasteiger partial charge in [-0.2, -0.15) is 13.2 Å². The Balaban J connectivity index is 1.39. The molecule has 168 valence electrons. The zero-order valence-corrected chi connectivity index (χ0v) is 17.9. The quantitative estimate of drug-likeness (QED) is 0.752. The van der Waals surface area contributed by atoms with Crippen LogP contribution >= 0.6 is 0 Å². The van der Waals surface area contributed by atoms with Crippen molar-refractivity contribution in [1.29, 1.82) is 0 Å². The summed E-state index contributed by atoms with van der Waals surface area (Å²) in [6.45, 7) is 1.02. The molecule has 2 fully saturated rings. The smallest absolute Gasteiger partial charge is 0.358 e. The molecule has 31 heavy (non-hydrogen) atoms. The number of alkyl halides is 3. The number of H-pyrrole nitrogens is 1. The van der Waals surface area contributed by atoms with E-state index in [1.807, 2.05) is 0 Å². The standard InChI is InChI=1S/C23H29F3N4O/c1-3-30(12-23(24,25)26)22(31)27-14-9-16-15-5-4-6-18-20(15)17(10-19(16)29(2)11-14)21(28-18)13-7-8-13/h4-6,13-14,16,19,28H,3,7-12H2,1-2H3,(H,27,31)/t14-,16+,19+/m0/s1. The monoisotopic (exact) mass is 434 g/mol. The van der Waals surface area contributed by atoms with E-state index in [1.165, 1.54) is 40.6 Å². The number of piperidine rings is 1. The summed E-state index contributed by atoms with van der Waals surface area (Å²) in [6.07, 6.45) is -0.171. The Hall–Kier alpha value is -2.22. The summed E-state index contributed by atoms with van der Waals surface area (Å²) in [7, 11) is 2.07. The fourth-order valence-corrected chi connectivity index (χ4v) is 5.69. The topological polar surface area (TPSA) is 51.4 Å². The molecule has 1 saturated heterocycles. The Morgan fingerprint density at radius 1 is 1.32 bits per heavy atom. The predicted molar refractivity (Wildman–Crippen MR) is 113 cm³/mol. The minimum atomic E-state index is -4.40. The first-order valence-electron chi connectivity index (χ1n) is 11.2. The Labute approximate surface area is 180 Å². The number of carbonyl (C=O) groups excluding carboxylic acids is 1. The maximum Gasteiger partial charge on any atom is 0.406 e. The number of aromatic amines is 1. The second kappa shape index (κ2) is 7.43. The SMILES string of the molecule is CCN(CC(F)(F)F)C(=O)N[C@H]1C[C@@H]2c3cccc4[nH]c(C5CC5)c(c34)C[C@H]2N(C)C1. The van der Waals surface area contributed by atoms with Gasteiger partial charge in [-0.3, -0.25) is 0 Å². The maximum absolute atomic E-state index is 12.8. The number of nitrogens with zero attached hydrogens (tertiary/aromatic N) is 2. The number of fused-ring (bicyclic) bond motifs is 2. The lowest BCUT2D eigenvalue weighted by molar-refractivity contribution is -0.139. The number of carbonyl (C=O) groups is 1. The Morgan fingerprint density at radius 3 is 2.77 bits per heavy atom. The fourth-order valence-electron chi connectivity index (χ4n) is 5.69. The lowest BCUT2D eigenvalue weighted by atomic mass is 9.73. The van der Waals surface area contributed by atoms with Gasteiger partial charge < -0.3 is 20.1 Å². The van der Waals surface area contributed by atoms with E-state index in [2.05, 4.69) is 40.4 Å². The molecule has 0 radical (unpaired) electrons. The molecule has 1 aromatic heterocycles. The molecule has 5 nitrogen and oxygen atoms in total. The van der Waals surface area contributed by atoms with Gasteiger partial charge in [-0.05, 0) is 62.8 Å². The number of urea groups is 1. The van der Waals surface area contributed by atoms with Crippen molar-refractivity contribution in [3.63, 3.8) is 0 Å². The van der Waals surface area contributed by atoms with Gasteiger partial charge in [-0.1, -0.05) is 12.1 Å². The Morgan fingerprint density at radius 2 is 2.10 bits per heavy atom.